The molecule has 5 nitrogen and oxygen atoms in total. The maximum absolute atomic E-state index is 11.4. The SMILES string of the molecule is CC(C)(C)OC(=O)NCCCOc1ccc(N=S)cc1. The molecule has 0 saturated carbocycles. The fourth-order valence-electron chi connectivity index (χ4n) is 1.37. The number of ether oxygens (including phenoxy) is 2. The Morgan fingerprint density at radius 3 is 2.50 bits per heavy atom. The zero-order valence-corrected chi connectivity index (χ0v) is 12.8. The lowest BCUT2D eigenvalue weighted by molar-refractivity contribution is 0.0525. The Morgan fingerprint density at radius 2 is 1.95 bits per heavy atom. The van der Waals surface area contributed by atoms with Crippen molar-refractivity contribution in [1.29, 1.82) is 0 Å². The summed E-state index contributed by atoms with van der Waals surface area (Å²) >= 11 is 4.58. The average molecular weight is 296 g/mol. The highest BCUT2D eigenvalue weighted by Crippen LogP contribution is 2.17. The Labute approximate surface area is 124 Å². The molecule has 0 aliphatic carbocycles. The number of amides is 1. The molecule has 0 radical (unpaired) electrons. The largest absolute Gasteiger partial charge is 0.494 e. The smallest absolute Gasteiger partial charge is 0.407 e. The minimum atomic E-state index is -0.474. The molecule has 0 heterocycles. The second-order valence-corrected chi connectivity index (χ2v) is 5.40. The molecule has 1 amide bonds. The van der Waals surface area contributed by atoms with Crippen molar-refractivity contribution in [2.24, 2.45) is 4.36 Å². The van der Waals surface area contributed by atoms with Crippen LogP contribution < -0.4 is 10.1 Å². The van der Waals surface area contributed by atoms with Crippen LogP contribution in [-0.4, -0.2) is 24.8 Å². The summed E-state index contributed by atoms with van der Waals surface area (Å²) < 4.78 is 14.3. The zero-order chi connectivity index (χ0) is 15.0. The number of hydrogen-bond donors (Lipinski definition) is 1. The van der Waals surface area contributed by atoms with Gasteiger partial charge >= 0.3 is 6.09 Å². The van der Waals surface area contributed by atoms with E-state index < -0.39 is 11.7 Å². The summed E-state index contributed by atoms with van der Waals surface area (Å²) in [5, 5.41) is 2.67. The van der Waals surface area contributed by atoms with Gasteiger partial charge in [0.1, 0.15) is 11.4 Å². The molecule has 110 valence electrons. The number of rotatable bonds is 6. The van der Waals surface area contributed by atoms with Crippen LogP contribution in [0.15, 0.2) is 28.6 Å². The summed E-state index contributed by atoms with van der Waals surface area (Å²) in [5.74, 6) is 0.754. The lowest BCUT2D eigenvalue weighted by Crippen LogP contribution is -2.33. The van der Waals surface area contributed by atoms with Crippen molar-refractivity contribution in [3.8, 4) is 5.75 Å². The second kappa shape index (κ2) is 7.79. The molecule has 1 rings (SSSR count). The molecular weight excluding hydrogens is 276 g/mol. The van der Waals surface area contributed by atoms with Crippen LogP contribution in [0.2, 0.25) is 0 Å². The molecule has 20 heavy (non-hydrogen) atoms. The molecule has 0 unspecified atom stereocenters. The first-order chi connectivity index (χ1) is 9.40. The Bertz CT molecular complexity index is 441. The number of benzene rings is 1. The summed E-state index contributed by atoms with van der Waals surface area (Å²) in [7, 11) is 0. The van der Waals surface area contributed by atoms with E-state index >= 15 is 0 Å². The molecule has 0 aliphatic heterocycles. The van der Waals surface area contributed by atoms with Crippen LogP contribution >= 0.6 is 0 Å². The van der Waals surface area contributed by atoms with Gasteiger partial charge in [0, 0.05) is 19.0 Å². The first kappa shape index (κ1) is 16.4. The average Bonchev–Trinajstić information content (AvgIpc) is 2.37. The predicted molar refractivity (Wildman–Crippen MR) is 80.2 cm³/mol. The topological polar surface area (TPSA) is 59.9 Å². The van der Waals surface area contributed by atoms with Gasteiger partial charge in [-0.1, -0.05) is 0 Å². The van der Waals surface area contributed by atoms with Crippen molar-refractivity contribution in [3.05, 3.63) is 24.3 Å². The lowest BCUT2D eigenvalue weighted by atomic mass is 10.2. The van der Waals surface area contributed by atoms with Crippen LogP contribution in [0.25, 0.3) is 0 Å². The summed E-state index contributed by atoms with van der Waals surface area (Å²) in [6.45, 7) is 6.51. The Hall–Kier alpha value is -1.69. The van der Waals surface area contributed by atoms with E-state index in [0.717, 1.165) is 11.4 Å². The molecule has 0 spiro atoms. The van der Waals surface area contributed by atoms with Crippen molar-refractivity contribution < 1.29 is 14.3 Å². The minimum absolute atomic E-state index is 0.408. The van der Waals surface area contributed by atoms with Gasteiger partial charge in [0.2, 0.25) is 0 Å². The van der Waals surface area contributed by atoms with Crippen molar-refractivity contribution in [2.75, 3.05) is 13.2 Å². The second-order valence-electron chi connectivity index (χ2n) is 5.22. The third-order valence-electron chi connectivity index (χ3n) is 2.20. The fraction of sp³-hybridized carbons (Fsp3) is 0.500. The number of nitrogens with zero attached hydrogens (tertiary/aromatic N) is 1. The molecule has 1 N–H and O–H groups in total. The number of alkyl carbamates (subject to hydrolysis) is 1. The van der Waals surface area contributed by atoms with Crippen LogP contribution in [0.3, 0.4) is 0 Å². The summed E-state index contributed by atoms with van der Waals surface area (Å²) in [6.07, 6.45) is 0.292. The van der Waals surface area contributed by atoms with Gasteiger partial charge in [-0.25, -0.2) is 4.79 Å². The standard InChI is InChI=1S/C14H20N2O3S/c1-14(2,3)19-13(17)15-9-4-10-18-12-7-5-11(16-20)6-8-12/h5-8H,4,9-10H2,1-3H3,(H,15,17). The van der Waals surface area contributed by atoms with Crippen molar-refractivity contribution >= 4 is 24.2 Å². The van der Waals surface area contributed by atoms with Crippen LogP contribution in [-0.2, 0) is 17.2 Å². The minimum Gasteiger partial charge on any atom is -0.494 e. The van der Waals surface area contributed by atoms with Gasteiger partial charge in [-0.05, 0) is 51.5 Å². The summed E-state index contributed by atoms with van der Waals surface area (Å²) in [6, 6.07) is 7.21. The molecule has 0 saturated heterocycles. The first-order valence-electron chi connectivity index (χ1n) is 6.44. The van der Waals surface area contributed by atoms with E-state index in [1.807, 2.05) is 32.9 Å². The van der Waals surface area contributed by atoms with Gasteiger partial charge in [0.05, 0.1) is 12.3 Å². The molecule has 0 bridgehead atoms. The van der Waals surface area contributed by atoms with Crippen molar-refractivity contribution in [2.45, 2.75) is 32.8 Å². The highest BCUT2D eigenvalue weighted by atomic mass is 32.1. The van der Waals surface area contributed by atoms with E-state index in [9.17, 15) is 4.79 Å². The van der Waals surface area contributed by atoms with E-state index in [4.69, 9.17) is 9.47 Å². The molecule has 6 heteroatoms. The Kier molecular flexibility index (Phi) is 6.38. The maximum Gasteiger partial charge on any atom is 0.407 e. The molecule has 1 aromatic rings. The molecular formula is C14H20N2O3S. The number of carbonyl (C=O) groups is 1. The third-order valence-corrected chi connectivity index (χ3v) is 2.41. The lowest BCUT2D eigenvalue weighted by Gasteiger charge is -2.19. The van der Waals surface area contributed by atoms with Crippen LogP contribution in [0, 0.1) is 0 Å². The van der Waals surface area contributed by atoms with E-state index in [2.05, 4.69) is 22.1 Å². The van der Waals surface area contributed by atoms with Crippen LogP contribution in [0.5, 0.6) is 5.75 Å². The highest BCUT2D eigenvalue weighted by molar-refractivity contribution is 7.47. The van der Waals surface area contributed by atoms with E-state index in [0.29, 0.717) is 19.6 Å². The Morgan fingerprint density at radius 1 is 1.30 bits per heavy atom. The molecule has 0 fully saturated rings. The van der Waals surface area contributed by atoms with E-state index in [-0.39, 0.29) is 0 Å². The van der Waals surface area contributed by atoms with Crippen molar-refractivity contribution in [3.63, 3.8) is 0 Å². The van der Waals surface area contributed by atoms with Crippen molar-refractivity contribution in [1.82, 2.24) is 5.32 Å². The van der Waals surface area contributed by atoms with Gasteiger partial charge < -0.3 is 14.8 Å². The zero-order valence-electron chi connectivity index (χ0n) is 12.0. The predicted octanol–water partition coefficient (Wildman–Crippen LogP) is 3.34. The molecule has 0 aliphatic rings. The monoisotopic (exact) mass is 296 g/mol. The van der Waals surface area contributed by atoms with Gasteiger partial charge in [-0.3, -0.25) is 0 Å². The summed E-state index contributed by atoms with van der Waals surface area (Å²) in [5.41, 5.74) is 0.261. The molecule has 0 atom stereocenters. The fourth-order valence-corrected chi connectivity index (χ4v) is 1.49. The van der Waals surface area contributed by atoms with E-state index in [1.54, 1.807) is 12.1 Å². The van der Waals surface area contributed by atoms with Crippen LogP contribution in [0.1, 0.15) is 27.2 Å². The van der Waals surface area contributed by atoms with Gasteiger partial charge in [0.25, 0.3) is 0 Å². The number of hydrogen-bond acceptors (Lipinski definition) is 5. The highest BCUT2D eigenvalue weighted by Gasteiger charge is 2.15. The first-order valence-corrected chi connectivity index (χ1v) is 6.80. The number of carbonyl (C=O) groups excluding carboxylic acids is 1. The maximum atomic E-state index is 11.4. The quantitative estimate of drug-likeness (QED) is 0.818. The Balaban J connectivity index is 2.15. The summed E-state index contributed by atoms with van der Waals surface area (Å²) in [4.78, 5) is 11.4. The van der Waals surface area contributed by atoms with Gasteiger partial charge in [-0.2, -0.15) is 4.36 Å². The van der Waals surface area contributed by atoms with Gasteiger partial charge in [0.15, 0.2) is 0 Å². The van der Waals surface area contributed by atoms with E-state index in [1.165, 1.54) is 0 Å². The normalized spacial score (nSPS) is 10.8. The number of nitrogens with one attached hydrogen (secondary N) is 1. The van der Waals surface area contributed by atoms with Crippen LogP contribution in [0.4, 0.5) is 10.5 Å². The van der Waals surface area contributed by atoms with Gasteiger partial charge in [-0.15, -0.1) is 0 Å². The molecule has 0 aromatic heterocycles. The third kappa shape index (κ3) is 7.04. The molecule has 1 aromatic carbocycles.